The highest BCUT2D eigenvalue weighted by molar-refractivity contribution is 7.21. The van der Waals surface area contributed by atoms with Gasteiger partial charge in [-0.2, -0.15) is 5.26 Å². The predicted octanol–water partition coefficient (Wildman–Crippen LogP) is 3.71. The summed E-state index contributed by atoms with van der Waals surface area (Å²) in [7, 11) is 1.72. The highest BCUT2D eigenvalue weighted by Gasteiger charge is 2.21. The summed E-state index contributed by atoms with van der Waals surface area (Å²) in [5.74, 6) is -0.717. The number of carbonyl (C=O) groups is 1. The van der Waals surface area contributed by atoms with E-state index in [2.05, 4.69) is 25.0 Å². The number of carboxylic acid groups (broad SMARTS) is 1. The number of aromatic carboxylic acids is 1. The Balaban J connectivity index is 2.53. The number of hydrogen-bond donors (Lipinski definition) is 3. The van der Waals surface area contributed by atoms with Crippen molar-refractivity contribution in [1.82, 2.24) is 9.88 Å². The van der Waals surface area contributed by atoms with Gasteiger partial charge in [-0.25, -0.2) is 4.79 Å². The molecule has 6 nitrogen and oxygen atoms in total. The molecular weight excluding hydrogens is 336 g/mol. The van der Waals surface area contributed by atoms with Gasteiger partial charge in [-0.05, 0) is 24.5 Å². The standard InChI is InChI=1S/C18H22N4O2S/c1-10(2)15-16(12(7-19)5-11(3)8-22(4)9-20)21-13-6-14(18(23)24)25-17(13)15/h5-7,10,21H,8,19H2,1-4H3,(H,23,24)/b11-5-,12-7+. The van der Waals surface area contributed by atoms with Crippen LogP contribution in [0.4, 0.5) is 0 Å². The minimum Gasteiger partial charge on any atom is -0.477 e. The summed E-state index contributed by atoms with van der Waals surface area (Å²) < 4.78 is 0.946. The molecule has 0 aliphatic heterocycles. The fourth-order valence-electron chi connectivity index (χ4n) is 2.81. The van der Waals surface area contributed by atoms with Crippen LogP contribution in [0, 0.1) is 11.5 Å². The zero-order valence-corrected chi connectivity index (χ0v) is 15.6. The lowest BCUT2D eigenvalue weighted by molar-refractivity contribution is 0.0702. The number of likely N-dealkylation sites (N-methyl/N-ethyl adjacent to an activating group) is 1. The van der Waals surface area contributed by atoms with Crippen LogP contribution in [-0.4, -0.2) is 34.6 Å². The van der Waals surface area contributed by atoms with Crippen molar-refractivity contribution in [2.45, 2.75) is 26.7 Å². The third-order valence-corrected chi connectivity index (χ3v) is 4.98. The smallest absolute Gasteiger partial charge is 0.345 e. The Morgan fingerprint density at radius 2 is 2.24 bits per heavy atom. The number of nitrogens with two attached hydrogens (primary N) is 1. The maximum absolute atomic E-state index is 11.2. The lowest BCUT2D eigenvalue weighted by Gasteiger charge is -2.12. The number of aromatic nitrogens is 1. The zero-order chi connectivity index (χ0) is 18.7. The van der Waals surface area contributed by atoms with Gasteiger partial charge < -0.3 is 20.7 Å². The molecule has 0 aliphatic carbocycles. The average molecular weight is 358 g/mol. The van der Waals surface area contributed by atoms with Gasteiger partial charge in [-0.1, -0.05) is 25.5 Å². The van der Waals surface area contributed by atoms with Crippen LogP contribution in [0.15, 0.2) is 23.9 Å². The molecule has 0 spiro atoms. The van der Waals surface area contributed by atoms with Crippen molar-refractivity contribution in [3.8, 4) is 6.19 Å². The van der Waals surface area contributed by atoms with E-state index in [1.807, 2.05) is 13.0 Å². The lowest BCUT2D eigenvalue weighted by Crippen LogP contribution is -2.13. The lowest BCUT2D eigenvalue weighted by atomic mass is 9.98. The Bertz CT molecular complexity index is 896. The Kier molecular flexibility index (Phi) is 5.55. The second-order valence-electron chi connectivity index (χ2n) is 6.30. The number of carboxylic acids is 1. The van der Waals surface area contributed by atoms with Crippen molar-refractivity contribution >= 4 is 33.1 Å². The van der Waals surface area contributed by atoms with E-state index >= 15 is 0 Å². The van der Waals surface area contributed by atoms with Crippen LogP contribution in [0.3, 0.4) is 0 Å². The van der Waals surface area contributed by atoms with E-state index in [1.54, 1.807) is 13.1 Å². The van der Waals surface area contributed by atoms with Gasteiger partial charge in [-0.3, -0.25) is 0 Å². The first-order valence-corrected chi connectivity index (χ1v) is 8.69. The Hall–Kier alpha value is -2.72. The predicted molar refractivity (Wildman–Crippen MR) is 101 cm³/mol. The molecule has 2 aromatic heterocycles. The summed E-state index contributed by atoms with van der Waals surface area (Å²) in [6, 6.07) is 1.66. The molecule has 0 unspecified atom stereocenters. The molecule has 2 rings (SSSR count). The highest BCUT2D eigenvalue weighted by Crippen LogP contribution is 2.38. The fourth-order valence-corrected chi connectivity index (χ4v) is 3.96. The Morgan fingerprint density at radius 1 is 1.56 bits per heavy atom. The van der Waals surface area contributed by atoms with E-state index in [9.17, 15) is 9.90 Å². The molecule has 0 aliphatic rings. The van der Waals surface area contributed by atoms with Gasteiger partial charge in [-0.15, -0.1) is 11.3 Å². The molecule has 2 heterocycles. The van der Waals surface area contributed by atoms with E-state index in [0.29, 0.717) is 11.4 Å². The van der Waals surface area contributed by atoms with Crippen molar-refractivity contribution in [3.63, 3.8) is 0 Å². The molecule has 0 bridgehead atoms. The topological polar surface area (TPSA) is 106 Å². The molecule has 0 saturated heterocycles. The van der Waals surface area contributed by atoms with Gasteiger partial charge >= 0.3 is 5.97 Å². The third kappa shape index (κ3) is 3.86. The van der Waals surface area contributed by atoms with Crippen molar-refractivity contribution < 1.29 is 9.90 Å². The summed E-state index contributed by atoms with van der Waals surface area (Å²) in [6.45, 7) is 6.60. The number of rotatable bonds is 6. The summed E-state index contributed by atoms with van der Waals surface area (Å²) in [5, 5.41) is 18.1. The van der Waals surface area contributed by atoms with Gasteiger partial charge in [0, 0.05) is 25.4 Å². The molecule has 0 radical (unpaired) electrons. The van der Waals surface area contributed by atoms with Crippen molar-refractivity contribution in [2.75, 3.05) is 13.6 Å². The Labute approximate surface area is 150 Å². The summed E-state index contributed by atoms with van der Waals surface area (Å²) in [5.41, 5.74) is 10.4. The molecular formula is C18H22N4O2S. The number of aromatic amines is 1. The van der Waals surface area contributed by atoms with E-state index in [1.165, 1.54) is 22.4 Å². The number of fused-ring (bicyclic) bond motifs is 1. The molecule has 0 atom stereocenters. The van der Waals surface area contributed by atoms with Crippen LogP contribution < -0.4 is 5.73 Å². The molecule has 0 aromatic carbocycles. The van der Waals surface area contributed by atoms with Crippen molar-refractivity contribution in [2.24, 2.45) is 5.73 Å². The number of nitrogens with one attached hydrogen (secondary N) is 1. The van der Waals surface area contributed by atoms with E-state index in [4.69, 9.17) is 11.0 Å². The van der Waals surface area contributed by atoms with Crippen molar-refractivity contribution in [1.29, 1.82) is 5.26 Å². The normalized spacial score (nSPS) is 12.6. The molecule has 132 valence electrons. The minimum absolute atomic E-state index is 0.203. The first-order chi connectivity index (χ1) is 11.8. The minimum atomic E-state index is -0.921. The average Bonchev–Trinajstić information content (AvgIpc) is 3.09. The number of H-pyrrole nitrogens is 1. The third-order valence-electron chi connectivity index (χ3n) is 3.82. The second kappa shape index (κ2) is 7.45. The number of nitriles is 1. The molecule has 0 saturated carbocycles. The van der Waals surface area contributed by atoms with Gasteiger partial charge in [0.2, 0.25) is 0 Å². The largest absolute Gasteiger partial charge is 0.477 e. The molecule has 4 N–H and O–H groups in total. The number of thiophene rings is 1. The van der Waals surface area contributed by atoms with Crippen LogP contribution in [0.25, 0.3) is 15.8 Å². The van der Waals surface area contributed by atoms with E-state index in [0.717, 1.165) is 32.6 Å². The zero-order valence-electron chi connectivity index (χ0n) is 14.8. The molecule has 0 amide bonds. The summed E-state index contributed by atoms with van der Waals surface area (Å²) in [4.78, 5) is 16.4. The van der Waals surface area contributed by atoms with Crippen LogP contribution in [-0.2, 0) is 0 Å². The number of allylic oxidation sites excluding steroid dienone is 2. The number of hydrogen-bond acceptors (Lipinski definition) is 5. The van der Waals surface area contributed by atoms with Crippen LogP contribution in [0.2, 0.25) is 0 Å². The SMILES string of the molecule is C/C(=C/C(=C\N)c1[nH]c2cc(C(=O)O)sc2c1C(C)C)CN(C)C#N. The molecule has 25 heavy (non-hydrogen) atoms. The molecule has 7 heteroatoms. The number of nitrogens with zero attached hydrogens (tertiary/aromatic N) is 2. The monoisotopic (exact) mass is 358 g/mol. The van der Waals surface area contributed by atoms with Crippen LogP contribution >= 0.6 is 11.3 Å². The Morgan fingerprint density at radius 3 is 2.76 bits per heavy atom. The van der Waals surface area contributed by atoms with Gasteiger partial charge in [0.1, 0.15) is 4.88 Å². The maximum Gasteiger partial charge on any atom is 0.345 e. The quantitative estimate of drug-likeness (QED) is 0.415. The van der Waals surface area contributed by atoms with E-state index in [-0.39, 0.29) is 5.92 Å². The van der Waals surface area contributed by atoms with Gasteiger partial charge in [0.15, 0.2) is 6.19 Å². The van der Waals surface area contributed by atoms with Crippen LogP contribution in [0.1, 0.15) is 47.6 Å². The summed E-state index contributed by atoms with van der Waals surface area (Å²) >= 11 is 1.27. The van der Waals surface area contributed by atoms with Crippen LogP contribution in [0.5, 0.6) is 0 Å². The van der Waals surface area contributed by atoms with Gasteiger partial charge in [0.05, 0.1) is 15.9 Å². The first kappa shape index (κ1) is 18.6. The summed E-state index contributed by atoms with van der Waals surface area (Å²) in [6.07, 6.45) is 5.56. The second-order valence-corrected chi connectivity index (χ2v) is 7.35. The van der Waals surface area contributed by atoms with Gasteiger partial charge in [0.25, 0.3) is 0 Å². The maximum atomic E-state index is 11.2. The molecule has 0 fully saturated rings. The molecule has 2 aromatic rings. The highest BCUT2D eigenvalue weighted by atomic mass is 32.1. The fraction of sp³-hybridized carbons (Fsp3) is 0.333. The van der Waals surface area contributed by atoms with E-state index < -0.39 is 5.97 Å². The van der Waals surface area contributed by atoms with Crippen molar-refractivity contribution in [3.05, 3.63) is 40.0 Å². The first-order valence-electron chi connectivity index (χ1n) is 7.87.